The summed E-state index contributed by atoms with van der Waals surface area (Å²) in [6.07, 6.45) is 3.48. The quantitative estimate of drug-likeness (QED) is 0.00995. The molecule has 8 aromatic rings. The molecule has 0 aliphatic carbocycles. The number of piperidine rings is 3. The second-order valence-electron chi connectivity index (χ2n) is 32.2. The zero-order chi connectivity index (χ0) is 94.1. The van der Waals surface area contributed by atoms with Crippen LogP contribution in [0.2, 0.25) is 0 Å². The van der Waals surface area contributed by atoms with E-state index >= 15 is 4.39 Å². The second kappa shape index (κ2) is 56.2. The number of likely N-dealkylation sites (tertiary alicyclic amines) is 3. The molecule has 3 aliphatic rings. The summed E-state index contributed by atoms with van der Waals surface area (Å²) in [5.74, 6) is -9.05. The Balaban J connectivity index is 0.000000340. The number of hydroxylamine groups is 2. The van der Waals surface area contributed by atoms with Gasteiger partial charge in [-0.1, -0.05) is 151 Å². The molecule has 0 saturated carbocycles. The number of nitrogens with zero attached hydrogens (tertiary/aromatic N) is 4. The summed E-state index contributed by atoms with van der Waals surface area (Å²) in [6.45, 7) is 24.8. The van der Waals surface area contributed by atoms with Gasteiger partial charge in [0, 0.05) is 99.9 Å². The van der Waals surface area contributed by atoms with Crippen LogP contribution in [0.4, 0.5) is 54.3 Å². The van der Waals surface area contributed by atoms with Crippen molar-refractivity contribution < 1.29 is 131 Å². The van der Waals surface area contributed by atoms with Crippen LogP contribution in [0, 0.1) is 71.2 Å². The number of alkyl halides is 1. The molecule has 694 valence electrons. The summed E-state index contributed by atoms with van der Waals surface area (Å²) in [5, 5.41) is 13.4. The zero-order valence-corrected chi connectivity index (χ0v) is 79.6. The Labute approximate surface area is 783 Å². The number of Topliss-reactive ketones (excluding diaryl/α,β-unsaturated/α-hetero) is 1. The van der Waals surface area contributed by atoms with Gasteiger partial charge < -0.3 is 69.9 Å². The molecule has 4 atom stereocenters. The van der Waals surface area contributed by atoms with Gasteiger partial charge in [-0.25, -0.2) is 59.4 Å². The van der Waals surface area contributed by atoms with Gasteiger partial charge in [0.05, 0.1) is 47.4 Å². The maximum Gasteiger partial charge on any atom is 1.00 e. The first kappa shape index (κ1) is 111. The monoisotopic (exact) mass is 1980 g/mol. The number of amides is 5. The first-order valence-corrected chi connectivity index (χ1v) is 43.9. The van der Waals surface area contributed by atoms with E-state index in [4.69, 9.17) is 43.1 Å². The minimum absolute atomic E-state index is 0. The van der Waals surface area contributed by atoms with Crippen molar-refractivity contribution in [3.05, 3.63) is 266 Å². The van der Waals surface area contributed by atoms with Crippen LogP contribution >= 0.6 is 47.8 Å². The molecule has 128 heavy (non-hydrogen) atoms. The molecule has 3 saturated heterocycles. The van der Waals surface area contributed by atoms with E-state index in [-0.39, 0.29) is 126 Å². The Morgan fingerprint density at radius 3 is 1.30 bits per heavy atom. The van der Waals surface area contributed by atoms with Crippen LogP contribution in [0.5, 0.6) is 23.0 Å². The van der Waals surface area contributed by atoms with E-state index in [2.05, 4.69) is 83.8 Å². The molecule has 0 aromatic heterocycles. The fraction of sp³-hybridized carbons (Fsp3) is 0.421. The molecule has 3 fully saturated rings. The molecule has 11 rings (SSSR count). The van der Waals surface area contributed by atoms with Crippen molar-refractivity contribution in [3.63, 3.8) is 0 Å². The summed E-state index contributed by atoms with van der Waals surface area (Å²) in [5.41, 5.74) is 2.07. The summed E-state index contributed by atoms with van der Waals surface area (Å²) in [4.78, 5) is 83.4. The van der Waals surface area contributed by atoms with Gasteiger partial charge in [0.15, 0.2) is 52.1 Å². The van der Waals surface area contributed by atoms with Crippen LogP contribution in [0.3, 0.4) is 0 Å². The number of methoxy groups -OCH3 is 1. The number of hydrogen-bond donors (Lipinski definition) is 2. The van der Waals surface area contributed by atoms with Crippen LogP contribution in [0.25, 0.3) is 0 Å². The minimum Gasteiger partial charge on any atom is -0.504 e. The maximum atomic E-state index is 15.1. The van der Waals surface area contributed by atoms with Gasteiger partial charge in [0.2, 0.25) is 0 Å². The third-order valence-corrected chi connectivity index (χ3v) is 20.3. The normalized spacial score (nSPS) is 14.9. The third kappa shape index (κ3) is 40.3. The predicted octanol–water partition coefficient (Wildman–Crippen LogP) is 20.6. The Kier molecular flexibility index (Phi) is 48.7. The molecule has 8 aromatic carbocycles. The molecule has 0 radical (unpaired) electrons. The number of hydrogen-bond acceptors (Lipinski definition) is 16. The molecule has 21 nitrogen and oxygen atoms in total. The SMILES string of the molecule is BrCc1ccccc1.CC(C)(C)OC(=O)N1CCC[C@@H](C(=O)c2cc(F)cc(F)c2OCc2ccccc2)C1.COC(=O)NCCO[C@@H](c1cc(F)cc(F)c1OCc1ccccc1)[C@@H]1CCCN(C(=O)OC(C)(C)C)C1.CON(C)C(=O)[C@@H]1CCCN(C(=O)OC(C)(C)C)C1.Fc1cc(F)c(OCc2ccccc2)c(Br)c1.Oc1c(F)cc(F)cc1Br.[CH2-]CCC.[Li+]. The van der Waals surface area contributed by atoms with E-state index in [1.807, 2.05) is 130 Å². The second-order valence-corrected chi connectivity index (χ2v) is 34.5. The molecular formula is C95H115Br3F8LiN5O16. The number of rotatable bonds is 21. The number of nitrogens with one attached hydrogen (secondary N) is 1. The van der Waals surface area contributed by atoms with Crippen molar-refractivity contribution in [2.75, 3.05) is 73.7 Å². The van der Waals surface area contributed by atoms with E-state index < -0.39 is 105 Å². The molecule has 5 amide bonds. The smallest absolute Gasteiger partial charge is 0.504 e. The van der Waals surface area contributed by atoms with Crippen molar-refractivity contribution in [3.8, 4) is 23.0 Å². The molecular weight excluding hydrogens is 1870 g/mol. The molecule has 3 heterocycles. The van der Waals surface area contributed by atoms with Crippen molar-refractivity contribution >= 4 is 83.9 Å². The van der Waals surface area contributed by atoms with Crippen LogP contribution in [0.1, 0.15) is 165 Å². The zero-order valence-electron chi connectivity index (χ0n) is 74.8. The number of unbranched alkanes of at least 4 members (excludes halogenated alkanes) is 1. The van der Waals surface area contributed by atoms with Crippen molar-refractivity contribution in [2.24, 2.45) is 17.8 Å². The van der Waals surface area contributed by atoms with Gasteiger partial charge >= 0.3 is 43.2 Å². The number of carbonyl (C=O) groups is 6. The molecule has 0 unspecified atom stereocenters. The number of ether oxygens (including phenoxy) is 8. The minimum atomic E-state index is -0.966. The standard InChI is InChI=1S/C28H36F2N2O6.C24H27F2NO4.C13H9BrF2O.C13H24N2O4.C7H7Br.C6H3BrF2O.C4H9.Li/c1-28(2,3)38-27(34)32-13-8-11-20(17-32)24(36-14-12-31-26(33)35-4)22-15-21(29)16-23(30)25(22)37-18-19-9-6-5-7-10-19;1-24(2,3)31-23(29)27-11-7-10-17(14-27)21(28)19-12-18(25)13-20(26)22(19)30-15-16-8-5-4-6-9-16;14-11-6-10(15)7-12(16)13(11)17-8-9-4-2-1-3-5-9;1-13(2,3)19-12(17)15-8-6-7-10(9-15)11(16)14(4)18-5;8-6-7-4-2-1-3-5-7;7-4-1-3(8)2-5(9)6(4)10;1-3-4-2;/h5-7,9-10,15-16,20,24H,8,11-14,17-18H2,1-4H3,(H,31,33);4-6,8-9,12-13,17H,7,10-11,14-15H2,1-3H3;1-7H,8H2;10H,6-9H2,1-5H3;1-5H,6H2;1-2,10H;1,3-4H2,2H3;/q;;;;;;-1;+1/t20-,24-;17-;;10-;;;;/m11.1..../s1. The number of phenols is 1. The van der Waals surface area contributed by atoms with E-state index in [0.29, 0.717) is 64.0 Å². The third-order valence-electron chi connectivity index (χ3n) is 18.4. The fourth-order valence-electron chi connectivity index (χ4n) is 12.4. The number of aromatic hydroxyl groups is 1. The Bertz CT molecular complexity index is 4690. The topological polar surface area (TPSA) is 231 Å². The van der Waals surface area contributed by atoms with Gasteiger partial charge in [-0.15, -0.1) is 0 Å². The Morgan fingerprint density at radius 2 is 0.891 bits per heavy atom. The summed E-state index contributed by atoms with van der Waals surface area (Å²) >= 11 is 9.19. The predicted molar refractivity (Wildman–Crippen MR) is 479 cm³/mol. The number of ketones is 1. The van der Waals surface area contributed by atoms with E-state index in [9.17, 15) is 59.5 Å². The summed E-state index contributed by atoms with van der Waals surface area (Å²) < 4.78 is 153. The van der Waals surface area contributed by atoms with Gasteiger partial charge in [0.1, 0.15) is 59.9 Å². The van der Waals surface area contributed by atoms with E-state index in [1.165, 1.54) is 48.3 Å². The number of alkyl carbamates (subject to hydrolysis) is 1. The summed E-state index contributed by atoms with van der Waals surface area (Å²) in [7, 11) is 4.28. The number of halogens is 11. The Hall–Kier alpha value is -9.42. The van der Waals surface area contributed by atoms with Gasteiger partial charge in [0.25, 0.3) is 5.91 Å². The fourth-order valence-corrected chi connectivity index (χ4v) is 13.7. The van der Waals surface area contributed by atoms with Crippen molar-refractivity contribution in [1.29, 1.82) is 0 Å². The van der Waals surface area contributed by atoms with E-state index in [1.54, 1.807) is 58.4 Å². The first-order valence-electron chi connectivity index (χ1n) is 41.2. The molecule has 2 N–H and O–H groups in total. The van der Waals surface area contributed by atoms with Gasteiger partial charge in [-0.3, -0.25) is 14.4 Å². The van der Waals surface area contributed by atoms with Crippen molar-refractivity contribution in [1.82, 2.24) is 25.1 Å². The summed E-state index contributed by atoms with van der Waals surface area (Å²) in [6, 6.07) is 45.2. The molecule has 0 spiro atoms. The number of carbonyl (C=O) groups excluding carboxylic acids is 6. The maximum absolute atomic E-state index is 15.1. The average molecular weight is 1980 g/mol. The molecule has 33 heteroatoms. The van der Waals surface area contributed by atoms with Crippen molar-refractivity contribution in [2.45, 2.75) is 169 Å². The Morgan fingerprint density at radius 1 is 0.516 bits per heavy atom. The van der Waals surface area contributed by atoms with Gasteiger partial charge in [-0.05, 0) is 179 Å². The average Bonchev–Trinajstić information content (AvgIpc) is 0.797. The van der Waals surface area contributed by atoms with Crippen LogP contribution in [-0.4, -0.2) is 151 Å². The largest absolute Gasteiger partial charge is 1.00 e. The van der Waals surface area contributed by atoms with Crippen LogP contribution in [-0.2, 0) is 58.5 Å². The first-order chi connectivity index (χ1) is 60.1. The number of phenolic OH excluding ortho intramolecular Hbond substituents is 1. The molecule has 3 aliphatic heterocycles. The van der Waals surface area contributed by atoms with Gasteiger partial charge in [-0.2, -0.15) is 6.42 Å². The van der Waals surface area contributed by atoms with Crippen LogP contribution < -0.4 is 38.4 Å². The molecule has 0 bridgehead atoms. The van der Waals surface area contributed by atoms with Crippen LogP contribution in [0.15, 0.2) is 179 Å². The van der Waals surface area contributed by atoms with E-state index in [0.717, 1.165) is 65.5 Å². The number of benzene rings is 8.